The Bertz CT molecular complexity index is 861. The molecule has 1 heterocycles. The Morgan fingerprint density at radius 1 is 1.12 bits per heavy atom. The second-order valence-electron chi connectivity index (χ2n) is 4.86. The van der Waals surface area contributed by atoms with Crippen molar-refractivity contribution >= 4 is 21.8 Å². The van der Waals surface area contributed by atoms with Crippen molar-refractivity contribution in [3.05, 3.63) is 70.0 Å². The first-order valence-electron chi connectivity index (χ1n) is 6.84. The van der Waals surface area contributed by atoms with Gasteiger partial charge < -0.3 is 9.84 Å². The number of nitrogens with zero attached hydrogens (tertiary/aromatic N) is 2. The fraction of sp³-hybridized carbons (Fsp3) is 0.0625. The van der Waals surface area contributed by atoms with E-state index in [1.807, 2.05) is 0 Å². The van der Waals surface area contributed by atoms with Crippen LogP contribution in [0.15, 0.2) is 51.5 Å². The molecule has 0 aliphatic heterocycles. The fourth-order valence-electron chi connectivity index (χ4n) is 1.99. The highest BCUT2D eigenvalue weighted by Crippen LogP contribution is 2.17. The van der Waals surface area contributed by atoms with Crippen molar-refractivity contribution in [3.8, 4) is 11.4 Å². The number of carbonyl (C=O) groups excluding carboxylic acids is 1. The Morgan fingerprint density at radius 3 is 2.58 bits per heavy atom. The van der Waals surface area contributed by atoms with Gasteiger partial charge in [0.2, 0.25) is 11.7 Å². The summed E-state index contributed by atoms with van der Waals surface area (Å²) in [6.45, 7) is -0.0127. The average Bonchev–Trinajstić information content (AvgIpc) is 3.01. The van der Waals surface area contributed by atoms with E-state index in [-0.39, 0.29) is 29.6 Å². The topological polar surface area (TPSA) is 68.0 Å². The van der Waals surface area contributed by atoms with Gasteiger partial charge in [-0.3, -0.25) is 4.79 Å². The van der Waals surface area contributed by atoms with Crippen LogP contribution in [0.4, 0.5) is 8.78 Å². The van der Waals surface area contributed by atoms with Gasteiger partial charge in [0.1, 0.15) is 11.6 Å². The van der Waals surface area contributed by atoms with E-state index in [1.54, 1.807) is 0 Å². The molecule has 0 unspecified atom stereocenters. The lowest BCUT2D eigenvalue weighted by molar-refractivity contribution is 0.0945. The summed E-state index contributed by atoms with van der Waals surface area (Å²) in [5.74, 6) is -0.899. The van der Waals surface area contributed by atoms with Crippen molar-refractivity contribution in [1.82, 2.24) is 15.5 Å². The molecular formula is C16H10BrF2N3O2. The third-order valence-corrected chi connectivity index (χ3v) is 3.55. The summed E-state index contributed by atoms with van der Waals surface area (Å²) in [5.41, 5.74) is 0.756. The maximum absolute atomic E-state index is 13.3. The molecule has 0 radical (unpaired) electrons. The first-order valence-corrected chi connectivity index (χ1v) is 7.63. The smallest absolute Gasteiger partial charge is 0.251 e. The number of halogens is 3. The summed E-state index contributed by atoms with van der Waals surface area (Å²) < 4.78 is 31.7. The van der Waals surface area contributed by atoms with Gasteiger partial charge in [-0.2, -0.15) is 4.98 Å². The molecule has 0 aliphatic carbocycles. The van der Waals surface area contributed by atoms with Gasteiger partial charge in [-0.15, -0.1) is 0 Å². The predicted molar refractivity (Wildman–Crippen MR) is 85.0 cm³/mol. The Hall–Kier alpha value is -2.61. The minimum Gasteiger partial charge on any atom is -0.343 e. The Kier molecular flexibility index (Phi) is 4.66. The molecule has 1 amide bonds. The lowest BCUT2D eigenvalue weighted by atomic mass is 10.2. The summed E-state index contributed by atoms with van der Waals surface area (Å²) in [6, 6.07) is 9.49. The Labute approximate surface area is 143 Å². The van der Waals surface area contributed by atoms with Gasteiger partial charge in [0.15, 0.2) is 0 Å². The van der Waals surface area contributed by atoms with E-state index in [0.717, 1.165) is 6.07 Å². The first kappa shape index (κ1) is 16.3. The van der Waals surface area contributed by atoms with Crippen LogP contribution in [0.2, 0.25) is 0 Å². The number of amides is 1. The van der Waals surface area contributed by atoms with Gasteiger partial charge >= 0.3 is 0 Å². The van der Waals surface area contributed by atoms with Gasteiger partial charge in [0, 0.05) is 15.6 Å². The van der Waals surface area contributed by atoms with Crippen LogP contribution in [-0.4, -0.2) is 16.0 Å². The zero-order valence-corrected chi connectivity index (χ0v) is 13.7. The lowest BCUT2D eigenvalue weighted by Crippen LogP contribution is -2.23. The van der Waals surface area contributed by atoms with E-state index in [0.29, 0.717) is 10.0 Å². The van der Waals surface area contributed by atoms with Gasteiger partial charge in [-0.1, -0.05) is 21.1 Å². The highest BCUT2D eigenvalue weighted by Gasteiger charge is 2.12. The molecule has 8 heteroatoms. The second-order valence-corrected chi connectivity index (χ2v) is 5.78. The molecule has 122 valence electrons. The van der Waals surface area contributed by atoms with Crippen LogP contribution >= 0.6 is 15.9 Å². The number of rotatable bonds is 4. The third-order valence-electron chi connectivity index (χ3n) is 3.10. The van der Waals surface area contributed by atoms with E-state index in [9.17, 15) is 13.6 Å². The Morgan fingerprint density at radius 2 is 1.88 bits per heavy atom. The SMILES string of the molecule is O=C(NCc1nc(-c2ccc(F)cc2)no1)c1cc(F)cc(Br)c1. The van der Waals surface area contributed by atoms with Crippen LogP contribution < -0.4 is 5.32 Å². The minimum absolute atomic E-state index is 0.0127. The summed E-state index contributed by atoms with van der Waals surface area (Å²) in [4.78, 5) is 16.1. The van der Waals surface area contributed by atoms with Crippen LogP contribution in [0.1, 0.15) is 16.2 Å². The molecule has 5 nitrogen and oxygen atoms in total. The number of carbonyl (C=O) groups is 1. The van der Waals surface area contributed by atoms with Gasteiger partial charge in [0.25, 0.3) is 5.91 Å². The van der Waals surface area contributed by atoms with Crippen LogP contribution in [0.25, 0.3) is 11.4 Å². The molecule has 0 fully saturated rings. The molecule has 0 saturated carbocycles. The van der Waals surface area contributed by atoms with Crippen LogP contribution in [0, 0.1) is 11.6 Å². The summed E-state index contributed by atoms with van der Waals surface area (Å²) in [6.07, 6.45) is 0. The normalized spacial score (nSPS) is 10.6. The number of nitrogens with one attached hydrogen (secondary N) is 1. The summed E-state index contributed by atoms with van der Waals surface area (Å²) in [7, 11) is 0. The van der Waals surface area contributed by atoms with E-state index in [4.69, 9.17) is 4.52 Å². The predicted octanol–water partition coefficient (Wildman–Crippen LogP) is 3.71. The zero-order chi connectivity index (χ0) is 17.1. The average molecular weight is 394 g/mol. The molecule has 2 aromatic carbocycles. The zero-order valence-electron chi connectivity index (χ0n) is 12.1. The van der Waals surface area contributed by atoms with Crippen molar-refractivity contribution in [3.63, 3.8) is 0 Å². The molecule has 1 N–H and O–H groups in total. The highest BCUT2D eigenvalue weighted by atomic mass is 79.9. The molecule has 24 heavy (non-hydrogen) atoms. The van der Waals surface area contributed by atoms with E-state index in [1.165, 1.54) is 36.4 Å². The molecule has 1 aromatic heterocycles. The largest absolute Gasteiger partial charge is 0.343 e. The minimum atomic E-state index is -0.522. The van der Waals surface area contributed by atoms with Gasteiger partial charge in [-0.05, 0) is 42.5 Å². The lowest BCUT2D eigenvalue weighted by Gasteiger charge is -2.03. The maximum atomic E-state index is 13.3. The molecule has 0 spiro atoms. The van der Waals surface area contributed by atoms with Crippen LogP contribution in [-0.2, 0) is 6.54 Å². The molecule has 0 saturated heterocycles. The quantitative estimate of drug-likeness (QED) is 0.733. The molecule has 0 aliphatic rings. The number of hydrogen-bond donors (Lipinski definition) is 1. The van der Waals surface area contributed by atoms with Crippen LogP contribution in [0.3, 0.4) is 0 Å². The number of aromatic nitrogens is 2. The summed E-state index contributed by atoms with van der Waals surface area (Å²) >= 11 is 3.12. The van der Waals surface area contributed by atoms with Crippen molar-refractivity contribution in [2.75, 3.05) is 0 Å². The highest BCUT2D eigenvalue weighted by molar-refractivity contribution is 9.10. The van der Waals surface area contributed by atoms with Gasteiger partial charge in [-0.25, -0.2) is 8.78 Å². The van der Waals surface area contributed by atoms with Crippen LogP contribution in [0.5, 0.6) is 0 Å². The first-order chi connectivity index (χ1) is 11.5. The molecular weight excluding hydrogens is 384 g/mol. The summed E-state index contributed by atoms with van der Waals surface area (Å²) in [5, 5.41) is 6.33. The van der Waals surface area contributed by atoms with Gasteiger partial charge in [0.05, 0.1) is 6.54 Å². The number of benzene rings is 2. The monoisotopic (exact) mass is 393 g/mol. The molecule has 3 aromatic rings. The number of hydrogen-bond acceptors (Lipinski definition) is 4. The van der Waals surface area contributed by atoms with E-state index < -0.39 is 11.7 Å². The second kappa shape index (κ2) is 6.88. The third kappa shape index (κ3) is 3.83. The van der Waals surface area contributed by atoms with Crippen molar-refractivity contribution in [1.29, 1.82) is 0 Å². The van der Waals surface area contributed by atoms with Crippen molar-refractivity contribution in [2.24, 2.45) is 0 Å². The fourth-order valence-corrected chi connectivity index (χ4v) is 2.45. The maximum Gasteiger partial charge on any atom is 0.251 e. The Balaban J connectivity index is 1.67. The van der Waals surface area contributed by atoms with E-state index >= 15 is 0 Å². The standard InChI is InChI=1S/C16H10BrF2N3O2/c17-11-5-10(6-13(19)7-11)16(23)20-8-14-21-15(22-24-14)9-1-3-12(18)4-2-9/h1-7H,8H2,(H,20,23). The van der Waals surface area contributed by atoms with Crippen molar-refractivity contribution < 1.29 is 18.1 Å². The molecule has 0 bridgehead atoms. The van der Waals surface area contributed by atoms with Crippen molar-refractivity contribution in [2.45, 2.75) is 6.54 Å². The molecule has 3 rings (SSSR count). The molecule has 0 atom stereocenters. The van der Waals surface area contributed by atoms with E-state index in [2.05, 4.69) is 31.4 Å².